The number of fused-ring (bicyclic) bond motifs is 1. The van der Waals surface area contributed by atoms with Crippen molar-refractivity contribution in [3.8, 4) is 5.75 Å². The summed E-state index contributed by atoms with van der Waals surface area (Å²) < 4.78 is 5.40. The Hall–Kier alpha value is -1.57. The lowest BCUT2D eigenvalue weighted by Crippen LogP contribution is -1.94. The third-order valence-electron chi connectivity index (χ3n) is 2.68. The topological polar surface area (TPSA) is 22.1 Å². The second kappa shape index (κ2) is 3.54. The van der Waals surface area contributed by atoms with Gasteiger partial charge in [0.25, 0.3) is 0 Å². The molecule has 0 unspecified atom stereocenters. The van der Waals surface area contributed by atoms with E-state index in [1.165, 1.54) is 11.1 Å². The maximum atomic E-state index is 5.40. The average molecular weight is 201 g/mol. The summed E-state index contributed by atoms with van der Waals surface area (Å²) in [5.74, 6) is 0.915. The molecular weight excluding hydrogens is 186 g/mol. The summed E-state index contributed by atoms with van der Waals surface area (Å²) in [6.07, 6.45) is 0. The summed E-state index contributed by atoms with van der Waals surface area (Å²) in [5, 5.41) is 1.13. The molecule has 0 N–H and O–H groups in total. The first kappa shape index (κ1) is 9.97. The number of methoxy groups -OCH3 is 1. The van der Waals surface area contributed by atoms with Crippen molar-refractivity contribution >= 4 is 10.9 Å². The minimum atomic E-state index is 0.915. The molecule has 2 heteroatoms. The lowest BCUT2D eigenvalue weighted by molar-refractivity contribution is 0.419. The molecule has 1 aromatic heterocycles. The van der Waals surface area contributed by atoms with Gasteiger partial charge in [0.05, 0.1) is 12.6 Å². The van der Waals surface area contributed by atoms with E-state index in [9.17, 15) is 0 Å². The summed E-state index contributed by atoms with van der Waals surface area (Å²) in [6, 6.07) is 6.19. The molecule has 2 aromatic rings. The lowest BCUT2D eigenvalue weighted by Gasteiger charge is -2.10. The summed E-state index contributed by atoms with van der Waals surface area (Å²) in [7, 11) is 1.70. The SMILES string of the molecule is COc1cc(C)nc2c(C)ccc(C)c12. The third kappa shape index (κ3) is 1.56. The Labute approximate surface area is 89.9 Å². The van der Waals surface area contributed by atoms with E-state index < -0.39 is 0 Å². The fraction of sp³-hybridized carbons (Fsp3) is 0.308. The van der Waals surface area contributed by atoms with Gasteiger partial charge in [0.2, 0.25) is 0 Å². The molecule has 15 heavy (non-hydrogen) atoms. The Kier molecular flexibility index (Phi) is 2.35. The van der Waals surface area contributed by atoms with Crippen LogP contribution in [0.1, 0.15) is 16.8 Å². The predicted octanol–water partition coefficient (Wildman–Crippen LogP) is 3.17. The van der Waals surface area contributed by atoms with E-state index in [4.69, 9.17) is 4.74 Å². The molecule has 0 aliphatic heterocycles. The largest absolute Gasteiger partial charge is 0.496 e. The zero-order chi connectivity index (χ0) is 11.0. The maximum Gasteiger partial charge on any atom is 0.130 e. The summed E-state index contributed by atoms with van der Waals surface area (Å²) >= 11 is 0. The number of ether oxygens (including phenoxy) is 1. The van der Waals surface area contributed by atoms with Crippen molar-refractivity contribution < 1.29 is 4.74 Å². The molecule has 0 amide bonds. The van der Waals surface area contributed by atoms with Crippen LogP contribution in [0.4, 0.5) is 0 Å². The zero-order valence-electron chi connectivity index (χ0n) is 9.59. The molecular formula is C13H15NO. The second-order valence-electron chi connectivity index (χ2n) is 3.89. The molecule has 0 aliphatic carbocycles. The number of pyridine rings is 1. The molecule has 2 nitrogen and oxygen atoms in total. The third-order valence-corrected chi connectivity index (χ3v) is 2.68. The van der Waals surface area contributed by atoms with Crippen LogP contribution >= 0.6 is 0 Å². The lowest BCUT2D eigenvalue weighted by atomic mass is 10.0. The monoisotopic (exact) mass is 201 g/mol. The van der Waals surface area contributed by atoms with Crippen molar-refractivity contribution in [3.63, 3.8) is 0 Å². The van der Waals surface area contributed by atoms with Gasteiger partial charge >= 0.3 is 0 Å². The van der Waals surface area contributed by atoms with Gasteiger partial charge in [0, 0.05) is 17.1 Å². The highest BCUT2D eigenvalue weighted by Crippen LogP contribution is 2.29. The van der Waals surface area contributed by atoms with Crippen LogP contribution in [-0.2, 0) is 0 Å². The van der Waals surface area contributed by atoms with Crippen LogP contribution in [0, 0.1) is 20.8 Å². The van der Waals surface area contributed by atoms with Gasteiger partial charge in [0.15, 0.2) is 0 Å². The first-order chi connectivity index (χ1) is 7.13. The first-order valence-corrected chi connectivity index (χ1v) is 5.05. The van der Waals surface area contributed by atoms with Crippen LogP contribution in [0.2, 0.25) is 0 Å². The maximum absolute atomic E-state index is 5.40. The number of rotatable bonds is 1. The Morgan fingerprint density at radius 3 is 2.40 bits per heavy atom. The van der Waals surface area contributed by atoms with Crippen LogP contribution in [0.25, 0.3) is 10.9 Å². The van der Waals surface area contributed by atoms with Crippen molar-refractivity contribution in [2.45, 2.75) is 20.8 Å². The van der Waals surface area contributed by atoms with Gasteiger partial charge in [-0.2, -0.15) is 0 Å². The highest BCUT2D eigenvalue weighted by Gasteiger charge is 2.08. The van der Waals surface area contributed by atoms with E-state index in [1.807, 2.05) is 13.0 Å². The van der Waals surface area contributed by atoms with Crippen molar-refractivity contribution in [2.75, 3.05) is 7.11 Å². The Balaban J connectivity index is 2.95. The zero-order valence-corrected chi connectivity index (χ0v) is 9.59. The normalized spacial score (nSPS) is 10.7. The molecule has 2 rings (SSSR count). The number of aryl methyl sites for hydroxylation is 3. The standard InChI is InChI=1S/C13H15NO/c1-8-5-6-9(2)13-12(8)11(15-4)7-10(3)14-13/h5-7H,1-4H3. The molecule has 0 atom stereocenters. The van der Waals surface area contributed by atoms with E-state index in [-0.39, 0.29) is 0 Å². The van der Waals surface area contributed by atoms with Gasteiger partial charge in [-0.1, -0.05) is 12.1 Å². The molecule has 0 saturated heterocycles. The molecule has 0 fully saturated rings. The Bertz CT molecular complexity index is 517. The van der Waals surface area contributed by atoms with Gasteiger partial charge in [-0.15, -0.1) is 0 Å². The van der Waals surface area contributed by atoms with Crippen LogP contribution in [0.5, 0.6) is 5.75 Å². The molecule has 1 aromatic carbocycles. The second-order valence-corrected chi connectivity index (χ2v) is 3.89. The molecule has 0 spiro atoms. The highest BCUT2D eigenvalue weighted by atomic mass is 16.5. The van der Waals surface area contributed by atoms with E-state index in [1.54, 1.807) is 7.11 Å². The van der Waals surface area contributed by atoms with E-state index in [2.05, 4.69) is 31.0 Å². The molecule has 78 valence electrons. The van der Waals surface area contributed by atoms with Crippen molar-refractivity contribution in [1.82, 2.24) is 4.98 Å². The minimum Gasteiger partial charge on any atom is -0.496 e. The van der Waals surface area contributed by atoms with Crippen molar-refractivity contribution in [3.05, 3.63) is 35.0 Å². The number of hydrogen-bond acceptors (Lipinski definition) is 2. The predicted molar refractivity (Wildman–Crippen MR) is 62.5 cm³/mol. The van der Waals surface area contributed by atoms with Crippen LogP contribution < -0.4 is 4.74 Å². The van der Waals surface area contributed by atoms with Gasteiger partial charge in [0.1, 0.15) is 5.75 Å². The van der Waals surface area contributed by atoms with Gasteiger partial charge < -0.3 is 4.74 Å². The number of benzene rings is 1. The van der Waals surface area contributed by atoms with E-state index in [0.717, 1.165) is 22.3 Å². The Morgan fingerprint density at radius 2 is 1.73 bits per heavy atom. The number of hydrogen-bond donors (Lipinski definition) is 0. The van der Waals surface area contributed by atoms with Gasteiger partial charge in [-0.3, -0.25) is 4.98 Å². The minimum absolute atomic E-state index is 0.915. The summed E-state index contributed by atoms with van der Waals surface area (Å²) in [6.45, 7) is 6.15. The quantitative estimate of drug-likeness (QED) is 0.707. The summed E-state index contributed by atoms with van der Waals surface area (Å²) in [5.41, 5.74) is 4.44. The smallest absolute Gasteiger partial charge is 0.130 e. The highest BCUT2D eigenvalue weighted by molar-refractivity contribution is 5.90. The molecule has 1 heterocycles. The average Bonchev–Trinajstić information content (AvgIpc) is 2.22. The fourth-order valence-corrected chi connectivity index (χ4v) is 1.88. The molecule has 0 saturated carbocycles. The van der Waals surface area contributed by atoms with Crippen molar-refractivity contribution in [2.24, 2.45) is 0 Å². The molecule has 0 radical (unpaired) electrons. The van der Waals surface area contributed by atoms with Gasteiger partial charge in [-0.25, -0.2) is 0 Å². The van der Waals surface area contributed by atoms with Crippen LogP contribution in [-0.4, -0.2) is 12.1 Å². The van der Waals surface area contributed by atoms with Crippen LogP contribution in [0.15, 0.2) is 18.2 Å². The number of nitrogens with zero attached hydrogens (tertiary/aromatic N) is 1. The molecule has 0 aliphatic rings. The van der Waals surface area contributed by atoms with E-state index >= 15 is 0 Å². The fourth-order valence-electron chi connectivity index (χ4n) is 1.88. The van der Waals surface area contributed by atoms with Gasteiger partial charge in [-0.05, 0) is 31.9 Å². The Morgan fingerprint density at radius 1 is 1.07 bits per heavy atom. The first-order valence-electron chi connectivity index (χ1n) is 5.05. The van der Waals surface area contributed by atoms with Crippen molar-refractivity contribution in [1.29, 1.82) is 0 Å². The van der Waals surface area contributed by atoms with E-state index in [0.29, 0.717) is 0 Å². The van der Waals surface area contributed by atoms with Crippen LogP contribution in [0.3, 0.4) is 0 Å². The molecule has 0 bridgehead atoms. The summed E-state index contributed by atoms with van der Waals surface area (Å²) in [4.78, 5) is 4.56. The number of aromatic nitrogens is 1.